The Hall–Kier alpha value is -2.56. The Morgan fingerprint density at radius 3 is 2.78 bits per heavy atom. The first kappa shape index (κ1) is 11.9. The zero-order chi connectivity index (χ0) is 13.1. The van der Waals surface area contributed by atoms with Crippen LogP contribution in [-0.4, -0.2) is 19.0 Å². The van der Waals surface area contributed by atoms with Gasteiger partial charge in [-0.1, -0.05) is 18.7 Å². The number of anilines is 1. The van der Waals surface area contributed by atoms with E-state index in [0.717, 1.165) is 6.08 Å². The van der Waals surface area contributed by atoms with E-state index in [9.17, 15) is 9.59 Å². The van der Waals surface area contributed by atoms with Crippen LogP contribution in [0.5, 0.6) is 0 Å². The number of rotatable bonds is 3. The molecule has 1 aromatic carbocycles. The second kappa shape index (κ2) is 4.75. The van der Waals surface area contributed by atoms with E-state index < -0.39 is 11.9 Å². The summed E-state index contributed by atoms with van der Waals surface area (Å²) in [5.41, 5.74) is 0.791. The fraction of sp³-hybridized carbons (Fsp3) is 0.0769. The third-order valence-electron chi connectivity index (χ3n) is 2.40. The lowest BCUT2D eigenvalue weighted by Gasteiger charge is -2.01. The lowest BCUT2D eigenvalue weighted by Crippen LogP contribution is -2.11. The van der Waals surface area contributed by atoms with Crippen LogP contribution in [0.1, 0.15) is 10.6 Å². The summed E-state index contributed by atoms with van der Waals surface area (Å²) < 4.78 is 9.99. The number of esters is 1. The summed E-state index contributed by atoms with van der Waals surface area (Å²) in [7, 11) is 1.24. The van der Waals surface area contributed by atoms with Crippen molar-refractivity contribution in [1.82, 2.24) is 0 Å². The number of para-hydroxylation sites is 1. The van der Waals surface area contributed by atoms with Crippen LogP contribution in [-0.2, 0) is 9.53 Å². The molecule has 0 atom stereocenters. The molecule has 1 heterocycles. The van der Waals surface area contributed by atoms with Crippen LogP contribution in [0.3, 0.4) is 0 Å². The molecule has 0 spiro atoms. The molecule has 1 aromatic heterocycles. The summed E-state index contributed by atoms with van der Waals surface area (Å²) in [5, 5.41) is 3.18. The van der Waals surface area contributed by atoms with E-state index in [1.807, 2.05) is 0 Å². The number of ether oxygens (including phenoxy) is 1. The van der Waals surface area contributed by atoms with Crippen LogP contribution in [0.4, 0.5) is 5.69 Å². The molecule has 0 saturated carbocycles. The van der Waals surface area contributed by atoms with Gasteiger partial charge in [0.1, 0.15) is 11.3 Å². The van der Waals surface area contributed by atoms with Gasteiger partial charge in [-0.25, -0.2) is 4.79 Å². The number of furan rings is 1. The molecule has 0 radical (unpaired) electrons. The van der Waals surface area contributed by atoms with E-state index >= 15 is 0 Å². The van der Waals surface area contributed by atoms with E-state index in [1.54, 1.807) is 24.3 Å². The first-order valence-electron chi connectivity index (χ1n) is 5.20. The summed E-state index contributed by atoms with van der Waals surface area (Å²) in [6, 6.07) is 6.99. The van der Waals surface area contributed by atoms with Crippen molar-refractivity contribution in [2.24, 2.45) is 0 Å². The molecule has 1 N–H and O–H groups in total. The van der Waals surface area contributed by atoms with Crippen molar-refractivity contribution in [3.63, 3.8) is 0 Å². The predicted molar refractivity (Wildman–Crippen MR) is 66.4 cm³/mol. The highest BCUT2D eigenvalue weighted by Crippen LogP contribution is 2.31. The first-order valence-corrected chi connectivity index (χ1v) is 5.20. The Morgan fingerprint density at radius 2 is 2.11 bits per heavy atom. The van der Waals surface area contributed by atoms with Gasteiger partial charge in [0.15, 0.2) is 0 Å². The van der Waals surface area contributed by atoms with Gasteiger partial charge in [0, 0.05) is 5.39 Å². The molecular weight excluding hydrogens is 234 g/mol. The summed E-state index contributed by atoms with van der Waals surface area (Å²) in [6.07, 6.45) is 1.11. The third-order valence-corrected chi connectivity index (χ3v) is 2.40. The Labute approximate surface area is 103 Å². The van der Waals surface area contributed by atoms with Gasteiger partial charge < -0.3 is 14.5 Å². The monoisotopic (exact) mass is 245 g/mol. The number of nitrogens with one attached hydrogen (secondary N) is 1. The predicted octanol–water partition coefficient (Wildman–Crippen LogP) is 2.34. The van der Waals surface area contributed by atoms with E-state index in [0.29, 0.717) is 16.7 Å². The highest BCUT2D eigenvalue weighted by Gasteiger charge is 2.21. The Morgan fingerprint density at radius 1 is 1.39 bits per heavy atom. The maximum Gasteiger partial charge on any atom is 0.376 e. The lowest BCUT2D eigenvalue weighted by atomic mass is 10.2. The van der Waals surface area contributed by atoms with Gasteiger partial charge in [-0.15, -0.1) is 0 Å². The van der Waals surface area contributed by atoms with Crippen LogP contribution in [0, 0.1) is 0 Å². The van der Waals surface area contributed by atoms with Crippen LogP contribution in [0.2, 0.25) is 0 Å². The number of fused-ring (bicyclic) bond motifs is 1. The standard InChI is InChI=1S/C13H11NO4/c1-3-10(15)14-11-8-6-4-5-7-9(8)18-12(11)13(16)17-2/h3-7H,1H2,2H3,(H,14,15). The van der Waals surface area contributed by atoms with E-state index in [1.165, 1.54) is 7.11 Å². The van der Waals surface area contributed by atoms with Crippen molar-refractivity contribution in [1.29, 1.82) is 0 Å². The Kier molecular flexibility index (Phi) is 3.14. The van der Waals surface area contributed by atoms with Crippen LogP contribution < -0.4 is 5.32 Å². The number of benzene rings is 1. The molecule has 0 unspecified atom stereocenters. The maximum absolute atomic E-state index is 11.6. The highest BCUT2D eigenvalue weighted by atomic mass is 16.5. The zero-order valence-corrected chi connectivity index (χ0v) is 9.73. The lowest BCUT2D eigenvalue weighted by molar-refractivity contribution is -0.111. The number of carbonyl (C=O) groups is 2. The van der Waals surface area contributed by atoms with Gasteiger partial charge in [-0.05, 0) is 18.2 Å². The number of carbonyl (C=O) groups excluding carboxylic acids is 2. The van der Waals surface area contributed by atoms with E-state index in [4.69, 9.17) is 4.42 Å². The van der Waals surface area contributed by atoms with Gasteiger partial charge in [-0.3, -0.25) is 4.79 Å². The molecule has 0 bridgehead atoms. The normalized spacial score (nSPS) is 10.1. The molecule has 0 saturated heterocycles. The Bertz CT molecular complexity index is 627. The second-order valence-corrected chi connectivity index (χ2v) is 3.49. The van der Waals surface area contributed by atoms with Crippen LogP contribution >= 0.6 is 0 Å². The van der Waals surface area contributed by atoms with Crippen molar-refractivity contribution in [3.05, 3.63) is 42.7 Å². The quantitative estimate of drug-likeness (QED) is 0.665. The molecule has 5 nitrogen and oxygen atoms in total. The van der Waals surface area contributed by atoms with Crippen molar-refractivity contribution in [2.75, 3.05) is 12.4 Å². The average molecular weight is 245 g/mol. The van der Waals surface area contributed by atoms with Crippen molar-refractivity contribution >= 4 is 28.5 Å². The molecule has 0 aliphatic heterocycles. The molecule has 92 valence electrons. The third kappa shape index (κ3) is 1.98. The molecule has 2 rings (SSSR count). The molecule has 1 amide bonds. The molecule has 5 heteroatoms. The Balaban J connectivity index is 2.61. The summed E-state index contributed by atoms with van der Waals surface area (Å²) >= 11 is 0. The minimum atomic E-state index is -0.648. The van der Waals surface area contributed by atoms with Gasteiger partial charge in [-0.2, -0.15) is 0 Å². The van der Waals surface area contributed by atoms with Gasteiger partial charge in [0.2, 0.25) is 11.7 Å². The largest absolute Gasteiger partial charge is 0.463 e. The summed E-state index contributed by atoms with van der Waals surface area (Å²) in [4.78, 5) is 22.9. The van der Waals surface area contributed by atoms with Crippen LogP contribution in [0.25, 0.3) is 11.0 Å². The molecule has 18 heavy (non-hydrogen) atoms. The van der Waals surface area contributed by atoms with Crippen molar-refractivity contribution in [3.8, 4) is 0 Å². The fourth-order valence-electron chi connectivity index (χ4n) is 1.58. The fourth-order valence-corrected chi connectivity index (χ4v) is 1.58. The molecule has 0 fully saturated rings. The van der Waals surface area contributed by atoms with Gasteiger partial charge in [0.25, 0.3) is 0 Å². The molecule has 0 aliphatic rings. The van der Waals surface area contributed by atoms with Crippen molar-refractivity contribution in [2.45, 2.75) is 0 Å². The molecule has 0 aliphatic carbocycles. The van der Waals surface area contributed by atoms with Gasteiger partial charge >= 0.3 is 5.97 Å². The minimum Gasteiger partial charge on any atom is -0.463 e. The van der Waals surface area contributed by atoms with E-state index in [-0.39, 0.29) is 5.76 Å². The number of methoxy groups -OCH3 is 1. The SMILES string of the molecule is C=CC(=O)Nc1c(C(=O)OC)oc2ccccc12. The van der Waals surface area contributed by atoms with E-state index in [2.05, 4.69) is 16.6 Å². The number of hydrogen-bond donors (Lipinski definition) is 1. The van der Waals surface area contributed by atoms with Crippen LogP contribution in [0.15, 0.2) is 41.3 Å². The minimum absolute atomic E-state index is 0.0334. The summed E-state index contributed by atoms with van der Waals surface area (Å²) in [6.45, 7) is 3.36. The smallest absolute Gasteiger partial charge is 0.376 e. The van der Waals surface area contributed by atoms with Gasteiger partial charge in [0.05, 0.1) is 7.11 Å². The molecular formula is C13H11NO4. The zero-order valence-electron chi connectivity index (χ0n) is 9.73. The highest BCUT2D eigenvalue weighted by molar-refractivity contribution is 6.11. The topological polar surface area (TPSA) is 68.5 Å². The second-order valence-electron chi connectivity index (χ2n) is 3.49. The molecule has 2 aromatic rings. The number of hydrogen-bond acceptors (Lipinski definition) is 4. The number of amides is 1. The average Bonchev–Trinajstić information content (AvgIpc) is 2.77. The maximum atomic E-state index is 11.6. The first-order chi connectivity index (χ1) is 8.67. The summed E-state index contributed by atoms with van der Waals surface area (Å²) in [5.74, 6) is -1.11. The van der Waals surface area contributed by atoms with Crippen molar-refractivity contribution < 1.29 is 18.7 Å².